The number of fused-ring (bicyclic) bond motifs is 1. The highest BCUT2D eigenvalue weighted by Crippen LogP contribution is 2.07. The number of halogens is 1. The number of nitrogens with zero attached hydrogens (tertiary/aromatic N) is 3. The molecule has 0 N–H and O–H groups in total. The van der Waals surface area contributed by atoms with Crippen molar-refractivity contribution in [1.29, 1.82) is 0 Å². The van der Waals surface area contributed by atoms with Gasteiger partial charge in [0.25, 0.3) is 0 Å². The zero-order valence-corrected chi connectivity index (χ0v) is 8.74. The quantitative estimate of drug-likeness (QED) is 0.770. The van der Waals surface area contributed by atoms with Crippen LogP contribution in [0.25, 0.3) is 11.0 Å². The largest absolute Gasteiger partial charge is 0.184 e. The van der Waals surface area contributed by atoms with Gasteiger partial charge in [0, 0.05) is 5.33 Å². The molecule has 0 atom stereocenters. The average molecular weight is 240 g/mol. The molecule has 0 aliphatic heterocycles. The highest BCUT2D eigenvalue weighted by molar-refractivity contribution is 9.09. The molecule has 0 unspecified atom stereocenters. The van der Waals surface area contributed by atoms with Gasteiger partial charge in [-0.25, -0.2) is 0 Å². The Labute approximate surface area is 84.9 Å². The first kappa shape index (κ1) is 8.69. The lowest BCUT2D eigenvalue weighted by atomic mass is 10.3. The monoisotopic (exact) mass is 239 g/mol. The third-order valence-corrected chi connectivity index (χ3v) is 2.38. The van der Waals surface area contributed by atoms with Crippen LogP contribution in [0.15, 0.2) is 24.3 Å². The third-order valence-electron chi connectivity index (χ3n) is 1.82. The number of hydrogen-bond acceptors (Lipinski definition) is 2. The maximum Gasteiger partial charge on any atom is 0.113 e. The summed E-state index contributed by atoms with van der Waals surface area (Å²) in [4.78, 5) is 1.76. The molecule has 0 saturated carbocycles. The predicted octanol–water partition coefficient (Wildman–Crippen LogP) is 2.22. The summed E-state index contributed by atoms with van der Waals surface area (Å²) in [6, 6.07) is 7.91. The van der Waals surface area contributed by atoms with Gasteiger partial charge in [-0.15, -0.1) is 0 Å². The maximum atomic E-state index is 4.33. The van der Waals surface area contributed by atoms with Crippen LogP contribution in [0.5, 0.6) is 0 Å². The molecular weight excluding hydrogens is 230 g/mol. The molecule has 0 saturated heterocycles. The summed E-state index contributed by atoms with van der Waals surface area (Å²) in [6.07, 6.45) is 1.06. The second-order valence-electron chi connectivity index (χ2n) is 2.83. The van der Waals surface area contributed by atoms with Gasteiger partial charge in [-0.1, -0.05) is 28.1 Å². The van der Waals surface area contributed by atoms with Gasteiger partial charge in [0.1, 0.15) is 11.0 Å². The van der Waals surface area contributed by atoms with E-state index in [-0.39, 0.29) is 0 Å². The smallest absolute Gasteiger partial charge is 0.113 e. The first-order chi connectivity index (χ1) is 6.40. The van der Waals surface area contributed by atoms with Crippen molar-refractivity contribution in [1.82, 2.24) is 15.0 Å². The second-order valence-corrected chi connectivity index (χ2v) is 3.62. The lowest BCUT2D eigenvalue weighted by Crippen LogP contribution is -2.02. The van der Waals surface area contributed by atoms with Gasteiger partial charge >= 0.3 is 0 Å². The van der Waals surface area contributed by atoms with Crippen LogP contribution in [0, 0.1) is 0 Å². The van der Waals surface area contributed by atoms with E-state index < -0.39 is 0 Å². The fraction of sp³-hybridized carbons (Fsp3) is 0.333. The van der Waals surface area contributed by atoms with Gasteiger partial charge in [-0.05, 0) is 18.6 Å². The van der Waals surface area contributed by atoms with Crippen molar-refractivity contribution in [3.05, 3.63) is 24.3 Å². The molecule has 0 fully saturated rings. The second kappa shape index (κ2) is 3.87. The standard InChI is InChI=1S/C9H10BrN3/c10-6-3-7-13-11-8-4-1-2-5-9(8)12-13/h1-2,4-5H,3,6-7H2. The number of benzene rings is 1. The van der Waals surface area contributed by atoms with E-state index in [2.05, 4.69) is 26.1 Å². The lowest BCUT2D eigenvalue weighted by Gasteiger charge is -1.93. The van der Waals surface area contributed by atoms with Crippen molar-refractivity contribution in [3.8, 4) is 0 Å². The Hall–Kier alpha value is -0.900. The summed E-state index contributed by atoms with van der Waals surface area (Å²) in [6.45, 7) is 0.875. The van der Waals surface area contributed by atoms with E-state index in [1.54, 1.807) is 4.80 Å². The van der Waals surface area contributed by atoms with Gasteiger partial charge in [0.05, 0.1) is 6.54 Å². The van der Waals surface area contributed by atoms with Crippen LogP contribution in [-0.4, -0.2) is 20.3 Å². The van der Waals surface area contributed by atoms with Crippen molar-refractivity contribution in [2.45, 2.75) is 13.0 Å². The SMILES string of the molecule is BrCCCn1nc2ccccc2n1. The van der Waals surface area contributed by atoms with Gasteiger partial charge < -0.3 is 0 Å². The molecule has 0 aliphatic rings. The van der Waals surface area contributed by atoms with Crippen LogP contribution in [0.3, 0.4) is 0 Å². The van der Waals surface area contributed by atoms with E-state index in [0.29, 0.717) is 0 Å². The van der Waals surface area contributed by atoms with Gasteiger partial charge in [-0.2, -0.15) is 15.0 Å². The predicted molar refractivity (Wildman–Crippen MR) is 55.9 cm³/mol. The van der Waals surface area contributed by atoms with Gasteiger partial charge in [0.15, 0.2) is 0 Å². The zero-order chi connectivity index (χ0) is 9.10. The molecule has 0 bridgehead atoms. The van der Waals surface area contributed by atoms with Crippen LogP contribution >= 0.6 is 15.9 Å². The Kier molecular flexibility index (Phi) is 2.59. The summed E-state index contributed by atoms with van der Waals surface area (Å²) < 4.78 is 0. The fourth-order valence-corrected chi connectivity index (χ4v) is 1.46. The molecule has 1 aromatic carbocycles. The van der Waals surface area contributed by atoms with Crippen molar-refractivity contribution < 1.29 is 0 Å². The van der Waals surface area contributed by atoms with Crippen LogP contribution < -0.4 is 0 Å². The van der Waals surface area contributed by atoms with E-state index in [0.717, 1.165) is 29.3 Å². The Morgan fingerprint density at radius 2 is 1.77 bits per heavy atom. The first-order valence-corrected chi connectivity index (χ1v) is 5.38. The Morgan fingerprint density at radius 1 is 1.15 bits per heavy atom. The van der Waals surface area contributed by atoms with Gasteiger partial charge in [0.2, 0.25) is 0 Å². The Balaban J connectivity index is 2.28. The highest BCUT2D eigenvalue weighted by atomic mass is 79.9. The third kappa shape index (κ3) is 1.88. The van der Waals surface area contributed by atoms with E-state index in [1.165, 1.54) is 0 Å². The molecule has 4 heteroatoms. The van der Waals surface area contributed by atoms with Crippen LogP contribution in [-0.2, 0) is 6.54 Å². The Morgan fingerprint density at radius 3 is 2.31 bits per heavy atom. The minimum atomic E-state index is 0.875. The van der Waals surface area contributed by atoms with Crippen LogP contribution in [0.4, 0.5) is 0 Å². The zero-order valence-electron chi connectivity index (χ0n) is 7.15. The normalized spacial score (nSPS) is 10.8. The molecule has 0 amide bonds. The Bertz CT molecular complexity index is 363. The molecule has 2 rings (SSSR count). The molecule has 0 radical (unpaired) electrons. The molecule has 1 aromatic heterocycles. The maximum absolute atomic E-state index is 4.33. The number of aryl methyl sites for hydroxylation is 1. The summed E-state index contributed by atoms with van der Waals surface area (Å²) in [5.74, 6) is 0. The van der Waals surface area contributed by atoms with Crippen molar-refractivity contribution >= 4 is 27.0 Å². The fourth-order valence-electron chi connectivity index (χ4n) is 1.21. The first-order valence-electron chi connectivity index (χ1n) is 4.26. The summed E-state index contributed by atoms with van der Waals surface area (Å²) in [5, 5.41) is 9.66. The number of alkyl halides is 1. The van der Waals surface area contributed by atoms with Crippen molar-refractivity contribution in [2.75, 3.05) is 5.33 Å². The van der Waals surface area contributed by atoms with Crippen LogP contribution in [0.1, 0.15) is 6.42 Å². The van der Waals surface area contributed by atoms with Crippen molar-refractivity contribution in [2.24, 2.45) is 0 Å². The van der Waals surface area contributed by atoms with E-state index in [9.17, 15) is 0 Å². The number of hydrogen-bond donors (Lipinski definition) is 0. The van der Waals surface area contributed by atoms with E-state index in [1.807, 2.05) is 24.3 Å². The molecule has 3 nitrogen and oxygen atoms in total. The summed E-state index contributed by atoms with van der Waals surface area (Å²) in [7, 11) is 0. The van der Waals surface area contributed by atoms with Crippen molar-refractivity contribution in [3.63, 3.8) is 0 Å². The number of aromatic nitrogens is 3. The molecule has 2 aromatic rings. The van der Waals surface area contributed by atoms with E-state index in [4.69, 9.17) is 0 Å². The number of rotatable bonds is 3. The molecule has 0 spiro atoms. The summed E-state index contributed by atoms with van der Waals surface area (Å²) >= 11 is 3.38. The minimum absolute atomic E-state index is 0.875. The molecule has 1 heterocycles. The average Bonchev–Trinajstić information content (AvgIpc) is 2.57. The molecule has 68 valence electrons. The van der Waals surface area contributed by atoms with E-state index >= 15 is 0 Å². The van der Waals surface area contributed by atoms with Gasteiger partial charge in [-0.3, -0.25) is 0 Å². The topological polar surface area (TPSA) is 30.7 Å². The molecule has 13 heavy (non-hydrogen) atoms. The lowest BCUT2D eigenvalue weighted by molar-refractivity contribution is 0.539. The van der Waals surface area contributed by atoms with Crippen LogP contribution in [0.2, 0.25) is 0 Å². The summed E-state index contributed by atoms with van der Waals surface area (Å²) in [5.41, 5.74) is 1.94. The highest BCUT2D eigenvalue weighted by Gasteiger charge is 1.99. The molecule has 0 aliphatic carbocycles. The minimum Gasteiger partial charge on any atom is -0.184 e. The molecular formula is C9H10BrN3.